The van der Waals surface area contributed by atoms with Crippen molar-refractivity contribution in [2.24, 2.45) is 17.3 Å². The second-order valence-electron chi connectivity index (χ2n) is 11.5. The number of hydrogen-bond donors (Lipinski definition) is 2. The average molecular weight is 467 g/mol. The number of nitrogens with zero attached hydrogens (tertiary/aromatic N) is 3. The van der Waals surface area contributed by atoms with Crippen molar-refractivity contribution in [2.45, 2.75) is 77.2 Å². The molecule has 2 N–H and O–H groups in total. The first-order chi connectivity index (χ1) is 16.3. The van der Waals surface area contributed by atoms with Crippen LogP contribution in [0.5, 0.6) is 0 Å². The molecule has 3 aliphatic rings. The number of hydrogen-bond acceptors (Lipinski definition) is 4. The highest BCUT2D eigenvalue weighted by Gasteiger charge is 2.42. The molecule has 2 aromatic rings. The zero-order valence-corrected chi connectivity index (χ0v) is 20.6. The Morgan fingerprint density at radius 2 is 2.12 bits per heavy atom. The third-order valence-corrected chi connectivity index (χ3v) is 8.54. The van der Waals surface area contributed by atoms with Crippen LogP contribution in [0.25, 0.3) is 5.65 Å². The molecule has 7 heteroatoms. The Kier molecular flexibility index (Phi) is 6.17. The molecular formula is C27H38N4O3. The first-order valence-corrected chi connectivity index (χ1v) is 13.0. The van der Waals surface area contributed by atoms with E-state index in [1.54, 1.807) is 22.4 Å². The van der Waals surface area contributed by atoms with Gasteiger partial charge in [-0.1, -0.05) is 32.3 Å². The van der Waals surface area contributed by atoms with Crippen molar-refractivity contribution in [1.82, 2.24) is 19.6 Å². The first-order valence-electron chi connectivity index (χ1n) is 13.0. The van der Waals surface area contributed by atoms with Gasteiger partial charge in [-0.3, -0.25) is 14.0 Å². The van der Waals surface area contributed by atoms with E-state index in [1.165, 1.54) is 44.9 Å². The highest BCUT2D eigenvalue weighted by Crippen LogP contribution is 2.51. The lowest BCUT2D eigenvalue weighted by Gasteiger charge is -2.48. The molecule has 1 saturated heterocycles. The van der Waals surface area contributed by atoms with Crippen molar-refractivity contribution >= 4 is 17.5 Å². The minimum Gasteiger partial charge on any atom is -0.388 e. The predicted octanol–water partition coefficient (Wildman–Crippen LogP) is 3.59. The van der Waals surface area contributed by atoms with Gasteiger partial charge in [-0.25, -0.2) is 4.98 Å². The highest BCUT2D eigenvalue weighted by atomic mass is 16.3. The van der Waals surface area contributed by atoms with E-state index >= 15 is 0 Å². The molecule has 0 aromatic carbocycles. The fourth-order valence-electron chi connectivity index (χ4n) is 6.79. The van der Waals surface area contributed by atoms with E-state index in [9.17, 15) is 14.7 Å². The molecule has 34 heavy (non-hydrogen) atoms. The summed E-state index contributed by atoms with van der Waals surface area (Å²) < 4.78 is 1.80. The summed E-state index contributed by atoms with van der Waals surface area (Å²) in [5.74, 6) is 1.49. The van der Waals surface area contributed by atoms with Crippen LogP contribution in [0.3, 0.4) is 0 Å². The van der Waals surface area contributed by atoms with Crippen LogP contribution in [0.4, 0.5) is 0 Å². The van der Waals surface area contributed by atoms with Gasteiger partial charge in [-0.15, -0.1) is 0 Å². The van der Waals surface area contributed by atoms with E-state index in [2.05, 4.69) is 17.2 Å². The van der Waals surface area contributed by atoms with Gasteiger partial charge in [0.2, 0.25) is 5.91 Å². The van der Waals surface area contributed by atoms with Gasteiger partial charge in [0, 0.05) is 25.8 Å². The second kappa shape index (κ2) is 8.99. The zero-order valence-electron chi connectivity index (χ0n) is 20.6. The van der Waals surface area contributed by atoms with Crippen LogP contribution in [-0.4, -0.2) is 56.4 Å². The summed E-state index contributed by atoms with van der Waals surface area (Å²) in [5, 5.41) is 13.4. The number of aromatic nitrogens is 2. The SMILES string of the molecule is CCC1CC2CCCC(CNC(=O)c3cccc4nc(CC(=O)N5CCC(C)(O)C5)cn34)(C1)C2. The third-order valence-electron chi connectivity index (χ3n) is 8.54. The molecule has 5 rings (SSSR count). The van der Waals surface area contributed by atoms with Crippen molar-refractivity contribution in [2.75, 3.05) is 19.6 Å². The van der Waals surface area contributed by atoms with Gasteiger partial charge < -0.3 is 15.3 Å². The van der Waals surface area contributed by atoms with Gasteiger partial charge in [-0.05, 0) is 68.4 Å². The molecule has 2 saturated carbocycles. The smallest absolute Gasteiger partial charge is 0.268 e. The molecule has 0 spiro atoms. The van der Waals surface area contributed by atoms with Crippen LogP contribution >= 0.6 is 0 Å². The summed E-state index contributed by atoms with van der Waals surface area (Å²) in [5.41, 5.74) is 1.30. The number of carbonyl (C=O) groups excluding carboxylic acids is 2. The number of pyridine rings is 1. The maximum absolute atomic E-state index is 13.3. The number of β-amino-alcohol motifs (C(OH)–C–C–N with tert-alkyl or cyclic N) is 1. The molecule has 184 valence electrons. The van der Waals surface area contributed by atoms with Crippen LogP contribution in [0.2, 0.25) is 0 Å². The van der Waals surface area contributed by atoms with Crippen LogP contribution < -0.4 is 5.32 Å². The molecule has 1 aliphatic heterocycles. The van der Waals surface area contributed by atoms with Crippen molar-refractivity contribution in [1.29, 1.82) is 0 Å². The quantitative estimate of drug-likeness (QED) is 0.681. The summed E-state index contributed by atoms with van der Waals surface area (Å²) >= 11 is 0. The topological polar surface area (TPSA) is 86.9 Å². The molecule has 2 aliphatic carbocycles. The van der Waals surface area contributed by atoms with Crippen molar-refractivity contribution in [3.8, 4) is 0 Å². The maximum Gasteiger partial charge on any atom is 0.268 e. The molecule has 2 aromatic heterocycles. The summed E-state index contributed by atoms with van der Waals surface area (Å²) in [4.78, 5) is 32.3. The predicted molar refractivity (Wildman–Crippen MR) is 130 cm³/mol. The van der Waals surface area contributed by atoms with Gasteiger partial charge in [0.1, 0.15) is 11.3 Å². The highest BCUT2D eigenvalue weighted by molar-refractivity contribution is 5.93. The molecule has 4 unspecified atom stereocenters. The maximum atomic E-state index is 13.3. The lowest BCUT2D eigenvalue weighted by Crippen LogP contribution is -2.45. The van der Waals surface area contributed by atoms with E-state index < -0.39 is 5.60 Å². The van der Waals surface area contributed by atoms with Crippen LogP contribution in [0.15, 0.2) is 24.4 Å². The van der Waals surface area contributed by atoms with Crippen molar-refractivity contribution < 1.29 is 14.7 Å². The minimum absolute atomic E-state index is 0.0408. The van der Waals surface area contributed by atoms with Crippen molar-refractivity contribution in [3.63, 3.8) is 0 Å². The Morgan fingerprint density at radius 1 is 1.26 bits per heavy atom. The Hall–Kier alpha value is -2.41. The third kappa shape index (κ3) is 4.72. The Morgan fingerprint density at radius 3 is 2.88 bits per heavy atom. The number of rotatable bonds is 6. The standard InChI is InChI=1S/C27H38N4O3/c1-3-19-12-20-6-5-9-27(14-19,15-20)17-28-25(33)22-7-4-8-23-29-21(16-31(22)23)13-24(32)30-11-10-26(2,34)18-30/h4,7-8,16,19-20,34H,3,5-6,9-15,17-18H2,1-2H3,(H,28,33). The first kappa shape index (κ1) is 23.3. The summed E-state index contributed by atoms with van der Waals surface area (Å²) in [6.45, 7) is 5.72. The zero-order chi connectivity index (χ0) is 23.9. The average Bonchev–Trinajstić information content (AvgIpc) is 3.39. The van der Waals surface area contributed by atoms with Crippen LogP contribution in [0.1, 0.15) is 81.4 Å². The van der Waals surface area contributed by atoms with E-state index in [-0.39, 0.29) is 23.7 Å². The molecule has 3 heterocycles. The molecule has 2 bridgehead atoms. The molecular weight excluding hydrogens is 428 g/mol. The van der Waals surface area contributed by atoms with Gasteiger partial charge in [0.15, 0.2) is 0 Å². The van der Waals surface area contributed by atoms with Gasteiger partial charge in [-0.2, -0.15) is 0 Å². The molecule has 3 fully saturated rings. The lowest BCUT2D eigenvalue weighted by atomic mass is 9.58. The van der Waals surface area contributed by atoms with E-state index in [0.717, 1.165) is 18.4 Å². The monoisotopic (exact) mass is 466 g/mol. The molecule has 2 amide bonds. The lowest BCUT2D eigenvalue weighted by molar-refractivity contribution is -0.130. The number of imidazole rings is 1. The van der Waals surface area contributed by atoms with E-state index in [4.69, 9.17) is 0 Å². The Labute approximate surface area is 201 Å². The van der Waals surface area contributed by atoms with Gasteiger partial charge in [0.25, 0.3) is 5.91 Å². The van der Waals surface area contributed by atoms with Gasteiger partial charge in [0.05, 0.1) is 17.7 Å². The van der Waals surface area contributed by atoms with Crippen molar-refractivity contribution in [3.05, 3.63) is 35.8 Å². The minimum atomic E-state index is -0.812. The van der Waals surface area contributed by atoms with Gasteiger partial charge >= 0.3 is 0 Å². The van der Waals surface area contributed by atoms with E-state index in [0.29, 0.717) is 36.5 Å². The number of aliphatic hydroxyl groups is 1. The molecule has 0 radical (unpaired) electrons. The summed E-state index contributed by atoms with van der Waals surface area (Å²) in [6.07, 6.45) is 11.5. The number of likely N-dealkylation sites (tertiary alicyclic amines) is 1. The van der Waals surface area contributed by atoms with Crippen LogP contribution in [-0.2, 0) is 11.2 Å². The number of amides is 2. The van der Waals surface area contributed by atoms with E-state index in [1.807, 2.05) is 18.2 Å². The van der Waals surface area contributed by atoms with Crippen LogP contribution in [0, 0.1) is 17.3 Å². The molecule has 4 atom stereocenters. The summed E-state index contributed by atoms with van der Waals surface area (Å²) in [7, 11) is 0. The number of carbonyl (C=O) groups is 2. The fourth-order valence-corrected chi connectivity index (χ4v) is 6.79. The normalized spacial score (nSPS) is 31.1. The second-order valence-corrected chi connectivity index (χ2v) is 11.5. The molecule has 7 nitrogen and oxygen atoms in total. The number of nitrogens with one attached hydrogen (secondary N) is 1. The fraction of sp³-hybridized carbons (Fsp3) is 0.667. The number of fused-ring (bicyclic) bond motifs is 3. The Balaban J connectivity index is 1.28. The summed E-state index contributed by atoms with van der Waals surface area (Å²) in [6, 6.07) is 5.54. The Bertz CT molecular complexity index is 1080. The largest absolute Gasteiger partial charge is 0.388 e.